The number of nitrogens with zero attached hydrogens (tertiary/aromatic N) is 3. The van der Waals surface area contributed by atoms with Crippen LogP contribution in [-0.4, -0.2) is 21.1 Å². The van der Waals surface area contributed by atoms with Crippen molar-refractivity contribution in [3.8, 4) is 0 Å². The van der Waals surface area contributed by atoms with Crippen LogP contribution in [0.25, 0.3) is 11.2 Å². The van der Waals surface area contributed by atoms with E-state index in [0.717, 1.165) is 35.5 Å². The first kappa shape index (κ1) is 12.0. The van der Waals surface area contributed by atoms with Crippen molar-refractivity contribution in [3.05, 3.63) is 23.7 Å². The summed E-state index contributed by atoms with van der Waals surface area (Å²) in [6, 6.07) is 2.09. The number of aryl methyl sites for hydroxylation is 2. The summed E-state index contributed by atoms with van der Waals surface area (Å²) in [5.41, 5.74) is 8.71. The van der Waals surface area contributed by atoms with E-state index >= 15 is 0 Å². The third kappa shape index (κ3) is 2.31. The van der Waals surface area contributed by atoms with E-state index in [4.69, 9.17) is 5.73 Å². The van der Waals surface area contributed by atoms with Crippen LogP contribution in [-0.2, 0) is 6.54 Å². The van der Waals surface area contributed by atoms with E-state index in [1.54, 1.807) is 0 Å². The van der Waals surface area contributed by atoms with Crippen LogP contribution in [0, 0.1) is 6.92 Å². The van der Waals surface area contributed by atoms with Crippen LogP contribution in [0.15, 0.2) is 12.3 Å². The van der Waals surface area contributed by atoms with Crippen molar-refractivity contribution in [2.75, 3.05) is 6.54 Å². The Hall–Kier alpha value is -1.42. The smallest absolute Gasteiger partial charge is 0.160 e. The Morgan fingerprint density at radius 3 is 2.82 bits per heavy atom. The van der Waals surface area contributed by atoms with Gasteiger partial charge < -0.3 is 10.3 Å². The Labute approximate surface area is 102 Å². The van der Waals surface area contributed by atoms with Gasteiger partial charge in [0.2, 0.25) is 0 Å². The molecule has 0 aliphatic rings. The third-order valence-electron chi connectivity index (χ3n) is 2.85. The Bertz CT molecular complexity index is 513. The number of aromatic nitrogens is 3. The van der Waals surface area contributed by atoms with Crippen molar-refractivity contribution in [3.63, 3.8) is 0 Å². The van der Waals surface area contributed by atoms with E-state index in [-0.39, 0.29) is 0 Å². The lowest BCUT2D eigenvalue weighted by atomic mass is 10.2. The lowest BCUT2D eigenvalue weighted by Gasteiger charge is -2.09. The molecule has 0 atom stereocenters. The molecule has 0 aromatic carbocycles. The second kappa shape index (κ2) is 4.84. The van der Waals surface area contributed by atoms with Crippen LogP contribution in [0.3, 0.4) is 0 Å². The molecular formula is C13H20N4. The summed E-state index contributed by atoms with van der Waals surface area (Å²) in [7, 11) is 0. The Balaban J connectivity index is 2.54. The highest BCUT2D eigenvalue weighted by atomic mass is 15.1. The first-order valence-electron chi connectivity index (χ1n) is 6.16. The molecule has 0 unspecified atom stereocenters. The highest BCUT2D eigenvalue weighted by molar-refractivity contribution is 5.72. The molecule has 0 aliphatic heterocycles. The van der Waals surface area contributed by atoms with Crippen molar-refractivity contribution >= 4 is 11.2 Å². The lowest BCUT2D eigenvalue weighted by molar-refractivity contribution is 0.604. The first-order chi connectivity index (χ1) is 8.13. The maximum atomic E-state index is 5.59. The summed E-state index contributed by atoms with van der Waals surface area (Å²) >= 11 is 0. The zero-order valence-electron chi connectivity index (χ0n) is 10.8. The molecule has 2 rings (SSSR count). The Morgan fingerprint density at radius 2 is 2.18 bits per heavy atom. The van der Waals surface area contributed by atoms with Gasteiger partial charge in [-0.25, -0.2) is 9.97 Å². The molecule has 0 radical (unpaired) electrons. The minimum absolute atomic E-state index is 0.405. The minimum Gasteiger partial charge on any atom is -0.330 e. The zero-order valence-corrected chi connectivity index (χ0v) is 10.8. The maximum absolute atomic E-state index is 5.59. The van der Waals surface area contributed by atoms with Crippen molar-refractivity contribution in [1.82, 2.24) is 14.5 Å². The van der Waals surface area contributed by atoms with Crippen LogP contribution in [0.2, 0.25) is 0 Å². The number of fused-ring (bicyclic) bond motifs is 1. The van der Waals surface area contributed by atoms with Gasteiger partial charge in [-0.15, -0.1) is 0 Å². The normalized spacial score (nSPS) is 11.6. The number of rotatable bonds is 4. The Morgan fingerprint density at radius 1 is 1.41 bits per heavy atom. The molecule has 2 N–H and O–H groups in total. The van der Waals surface area contributed by atoms with Crippen LogP contribution in [0.4, 0.5) is 0 Å². The van der Waals surface area contributed by atoms with Gasteiger partial charge in [-0.2, -0.15) is 0 Å². The molecule has 0 bridgehead atoms. The zero-order chi connectivity index (χ0) is 12.4. The van der Waals surface area contributed by atoms with Gasteiger partial charge in [0, 0.05) is 18.7 Å². The van der Waals surface area contributed by atoms with Crippen molar-refractivity contribution in [2.45, 2.75) is 39.7 Å². The van der Waals surface area contributed by atoms with E-state index in [2.05, 4.69) is 34.4 Å². The van der Waals surface area contributed by atoms with Crippen molar-refractivity contribution < 1.29 is 0 Å². The third-order valence-corrected chi connectivity index (χ3v) is 2.85. The number of hydrogen-bond donors (Lipinski definition) is 1. The van der Waals surface area contributed by atoms with E-state index in [1.807, 2.05) is 13.1 Å². The maximum Gasteiger partial charge on any atom is 0.160 e. The van der Waals surface area contributed by atoms with Crippen LogP contribution >= 0.6 is 0 Å². The molecule has 2 heterocycles. The number of pyridine rings is 1. The van der Waals surface area contributed by atoms with E-state index < -0.39 is 0 Å². The molecule has 2 aromatic rings. The van der Waals surface area contributed by atoms with Crippen LogP contribution in [0.1, 0.15) is 37.6 Å². The summed E-state index contributed by atoms with van der Waals surface area (Å²) in [5.74, 6) is 1.51. The predicted octanol–water partition coefficient (Wildman–Crippen LogP) is 2.21. The molecule has 0 spiro atoms. The highest BCUT2D eigenvalue weighted by Gasteiger charge is 2.14. The molecule has 0 aliphatic carbocycles. The number of imidazole rings is 1. The van der Waals surface area contributed by atoms with Crippen molar-refractivity contribution in [1.29, 1.82) is 0 Å². The molecule has 0 saturated carbocycles. The van der Waals surface area contributed by atoms with Crippen molar-refractivity contribution in [2.24, 2.45) is 5.73 Å². The minimum atomic E-state index is 0.405. The molecule has 4 nitrogen and oxygen atoms in total. The fraction of sp³-hybridized carbons (Fsp3) is 0.538. The summed E-state index contributed by atoms with van der Waals surface area (Å²) in [6.07, 6.45) is 2.85. The molecule has 0 fully saturated rings. The fourth-order valence-corrected chi connectivity index (χ4v) is 2.04. The van der Waals surface area contributed by atoms with E-state index in [9.17, 15) is 0 Å². The number of nitrogens with two attached hydrogens (primary N) is 1. The van der Waals surface area contributed by atoms with E-state index in [0.29, 0.717) is 12.5 Å². The monoisotopic (exact) mass is 232 g/mol. The standard InChI is InChI=1S/C13H20N4/c1-9(2)12-16-11-7-10(3)8-15-13(11)17(12)6-4-5-14/h7-9H,4-6,14H2,1-3H3. The van der Waals surface area contributed by atoms with Gasteiger partial charge in [-0.1, -0.05) is 13.8 Å². The van der Waals surface area contributed by atoms with Gasteiger partial charge in [0.05, 0.1) is 0 Å². The quantitative estimate of drug-likeness (QED) is 0.879. The average Bonchev–Trinajstić information content (AvgIpc) is 2.64. The molecular weight excluding hydrogens is 212 g/mol. The molecule has 2 aromatic heterocycles. The largest absolute Gasteiger partial charge is 0.330 e. The predicted molar refractivity (Wildman–Crippen MR) is 70.0 cm³/mol. The molecule has 0 saturated heterocycles. The average molecular weight is 232 g/mol. The molecule has 92 valence electrons. The molecule has 0 amide bonds. The van der Waals surface area contributed by atoms with Gasteiger partial charge in [-0.3, -0.25) is 0 Å². The lowest BCUT2D eigenvalue weighted by Crippen LogP contribution is -2.10. The van der Waals surface area contributed by atoms with E-state index in [1.165, 1.54) is 0 Å². The van der Waals surface area contributed by atoms with Gasteiger partial charge in [0.15, 0.2) is 5.65 Å². The fourth-order valence-electron chi connectivity index (χ4n) is 2.04. The first-order valence-corrected chi connectivity index (χ1v) is 6.16. The topological polar surface area (TPSA) is 56.7 Å². The van der Waals surface area contributed by atoms with Gasteiger partial charge in [0.25, 0.3) is 0 Å². The highest BCUT2D eigenvalue weighted by Crippen LogP contribution is 2.21. The summed E-state index contributed by atoms with van der Waals surface area (Å²) in [4.78, 5) is 9.18. The SMILES string of the molecule is Cc1cnc2c(c1)nc(C(C)C)n2CCCN. The van der Waals surface area contributed by atoms with Gasteiger partial charge in [-0.05, 0) is 31.5 Å². The van der Waals surface area contributed by atoms with Gasteiger partial charge >= 0.3 is 0 Å². The van der Waals surface area contributed by atoms with Crippen LogP contribution in [0.5, 0.6) is 0 Å². The number of hydrogen-bond acceptors (Lipinski definition) is 3. The Kier molecular flexibility index (Phi) is 3.43. The summed E-state index contributed by atoms with van der Waals surface area (Å²) in [6.45, 7) is 7.96. The second-order valence-electron chi connectivity index (χ2n) is 4.77. The van der Waals surface area contributed by atoms with Crippen LogP contribution < -0.4 is 5.73 Å². The summed E-state index contributed by atoms with van der Waals surface area (Å²) < 4.78 is 2.20. The second-order valence-corrected chi connectivity index (χ2v) is 4.77. The molecule has 4 heteroatoms. The molecule has 17 heavy (non-hydrogen) atoms. The van der Waals surface area contributed by atoms with Gasteiger partial charge in [0.1, 0.15) is 11.3 Å². The summed E-state index contributed by atoms with van der Waals surface area (Å²) in [5, 5.41) is 0.